The highest BCUT2D eigenvalue weighted by atomic mass is 32.2. The standard InChI is InChI=1S/C10H9N3O4S/c11-18(16,17)9-4-2-1-3-8(9)13-6-7(5-12-13)10(14)15/h1-6H,(H,14,15)(H2,11,16,17). The first-order valence-corrected chi connectivity index (χ1v) is 6.34. The largest absolute Gasteiger partial charge is 0.478 e. The predicted molar refractivity (Wildman–Crippen MR) is 61.9 cm³/mol. The first-order valence-electron chi connectivity index (χ1n) is 4.80. The number of hydrogen-bond acceptors (Lipinski definition) is 4. The van der Waals surface area contributed by atoms with Gasteiger partial charge < -0.3 is 5.11 Å². The molecule has 0 amide bonds. The van der Waals surface area contributed by atoms with Crippen LogP contribution in [0.2, 0.25) is 0 Å². The smallest absolute Gasteiger partial charge is 0.338 e. The van der Waals surface area contributed by atoms with Crippen LogP contribution in [-0.2, 0) is 10.0 Å². The molecule has 0 spiro atoms. The average Bonchev–Trinajstić information content (AvgIpc) is 2.77. The van der Waals surface area contributed by atoms with Gasteiger partial charge in [0.1, 0.15) is 4.90 Å². The number of carboxylic acid groups (broad SMARTS) is 1. The number of benzene rings is 1. The molecule has 8 heteroatoms. The zero-order valence-corrected chi connectivity index (χ0v) is 9.83. The van der Waals surface area contributed by atoms with Crippen molar-refractivity contribution in [1.82, 2.24) is 9.78 Å². The summed E-state index contributed by atoms with van der Waals surface area (Å²) in [6.45, 7) is 0. The molecule has 0 radical (unpaired) electrons. The van der Waals surface area contributed by atoms with Crippen molar-refractivity contribution >= 4 is 16.0 Å². The molecule has 1 aromatic heterocycles. The summed E-state index contributed by atoms with van der Waals surface area (Å²) in [4.78, 5) is 10.6. The van der Waals surface area contributed by atoms with Gasteiger partial charge in [0.15, 0.2) is 0 Å². The molecule has 0 atom stereocenters. The minimum atomic E-state index is -3.90. The maximum atomic E-state index is 11.4. The summed E-state index contributed by atoms with van der Waals surface area (Å²) in [7, 11) is -3.90. The van der Waals surface area contributed by atoms with Crippen LogP contribution in [0.5, 0.6) is 0 Å². The van der Waals surface area contributed by atoms with E-state index in [0.717, 1.165) is 10.9 Å². The van der Waals surface area contributed by atoms with Gasteiger partial charge in [-0.15, -0.1) is 0 Å². The number of primary sulfonamides is 1. The van der Waals surface area contributed by atoms with Crippen LogP contribution < -0.4 is 5.14 Å². The Kier molecular flexibility index (Phi) is 2.89. The topological polar surface area (TPSA) is 115 Å². The van der Waals surface area contributed by atoms with E-state index in [1.54, 1.807) is 6.07 Å². The maximum Gasteiger partial charge on any atom is 0.338 e. The number of para-hydroxylation sites is 1. The minimum absolute atomic E-state index is 0.0424. The number of nitrogens with zero attached hydrogens (tertiary/aromatic N) is 2. The number of carbonyl (C=O) groups is 1. The van der Waals surface area contributed by atoms with E-state index in [0.29, 0.717) is 0 Å². The first-order chi connectivity index (χ1) is 8.39. The second-order valence-electron chi connectivity index (χ2n) is 3.49. The summed E-state index contributed by atoms with van der Waals surface area (Å²) >= 11 is 0. The summed E-state index contributed by atoms with van der Waals surface area (Å²) in [6.07, 6.45) is 2.34. The van der Waals surface area contributed by atoms with Crippen molar-refractivity contribution in [2.24, 2.45) is 5.14 Å². The highest BCUT2D eigenvalue weighted by Crippen LogP contribution is 2.18. The van der Waals surface area contributed by atoms with Crippen LogP contribution in [0.3, 0.4) is 0 Å². The number of nitrogens with two attached hydrogens (primary N) is 1. The zero-order valence-electron chi connectivity index (χ0n) is 9.02. The van der Waals surface area contributed by atoms with Crippen LogP contribution in [0.25, 0.3) is 5.69 Å². The van der Waals surface area contributed by atoms with Crippen molar-refractivity contribution in [3.8, 4) is 5.69 Å². The van der Waals surface area contributed by atoms with Gasteiger partial charge in [0.2, 0.25) is 10.0 Å². The van der Waals surface area contributed by atoms with E-state index in [9.17, 15) is 13.2 Å². The van der Waals surface area contributed by atoms with Gasteiger partial charge in [-0.2, -0.15) is 5.10 Å². The molecule has 7 nitrogen and oxygen atoms in total. The molecule has 0 saturated carbocycles. The monoisotopic (exact) mass is 267 g/mol. The number of aromatic carboxylic acids is 1. The lowest BCUT2D eigenvalue weighted by atomic mass is 10.3. The zero-order chi connectivity index (χ0) is 13.3. The molecule has 94 valence electrons. The van der Waals surface area contributed by atoms with E-state index in [1.165, 1.54) is 24.4 Å². The number of aromatic nitrogens is 2. The van der Waals surface area contributed by atoms with Crippen molar-refractivity contribution in [1.29, 1.82) is 0 Å². The average molecular weight is 267 g/mol. The Bertz CT molecular complexity index is 705. The highest BCUT2D eigenvalue weighted by Gasteiger charge is 2.16. The third-order valence-corrected chi connectivity index (χ3v) is 3.21. The quantitative estimate of drug-likeness (QED) is 0.825. The molecule has 18 heavy (non-hydrogen) atoms. The third-order valence-electron chi connectivity index (χ3n) is 2.25. The Labute approximate surface area is 103 Å². The fourth-order valence-corrected chi connectivity index (χ4v) is 2.17. The molecule has 0 aliphatic carbocycles. The molecule has 3 N–H and O–H groups in total. The van der Waals surface area contributed by atoms with Gasteiger partial charge in [-0.05, 0) is 12.1 Å². The van der Waals surface area contributed by atoms with Crippen LogP contribution in [0.4, 0.5) is 0 Å². The number of sulfonamides is 1. The third kappa shape index (κ3) is 2.24. The van der Waals surface area contributed by atoms with E-state index < -0.39 is 16.0 Å². The summed E-state index contributed by atoms with van der Waals surface area (Å²) in [5.41, 5.74) is 0.159. The molecule has 0 aliphatic heterocycles. The maximum absolute atomic E-state index is 11.4. The molecule has 1 aromatic carbocycles. The molecule has 0 bridgehead atoms. The predicted octanol–water partition coefficient (Wildman–Crippen LogP) is 0.218. The highest BCUT2D eigenvalue weighted by molar-refractivity contribution is 7.89. The first kappa shape index (κ1) is 12.3. The SMILES string of the molecule is NS(=O)(=O)c1ccccc1-n1cc(C(=O)O)cn1. The molecule has 2 aromatic rings. The molecule has 1 heterocycles. The lowest BCUT2D eigenvalue weighted by molar-refractivity contribution is 0.0697. The number of hydrogen-bond donors (Lipinski definition) is 2. The van der Waals surface area contributed by atoms with Crippen LogP contribution in [0, 0.1) is 0 Å². The fourth-order valence-electron chi connectivity index (χ4n) is 1.45. The van der Waals surface area contributed by atoms with Crippen LogP contribution in [0.1, 0.15) is 10.4 Å². The Balaban J connectivity index is 2.61. The Hall–Kier alpha value is -2.19. The minimum Gasteiger partial charge on any atom is -0.478 e. The number of rotatable bonds is 3. The van der Waals surface area contributed by atoms with Crippen molar-refractivity contribution in [3.63, 3.8) is 0 Å². The fraction of sp³-hybridized carbons (Fsp3) is 0. The molecule has 0 saturated heterocycles. The normalized spacial score (nSPS) is 11.4. The van der Waals surface area contributed by atoms with Crippen LogP contribution in [0.15, 0.2) is 41.6 Å². The van der Waals surface area contributed by atoms with Gasteiger partial charge in [0.05, 0.1) is 17.4 Å². The Morgan fingerprint density at radius 3 is 2.56 bits per heavy atom. The molecular formula is C10H9N3O4S. The second-order valence-corrected chi connectivity index (χ2v) is 5.02. The van der Waals surface area contributed by atoms with E-state index in [4.69, 9.17) is 10.2 Å². The van der Waals surface area contributed by atoms with Gasteiger partial charge >= 0.3 is 5.97 Å². The molecule has 0 aliphatic rings. The van der Waals surface area contributed by atoms with E-state index in [2.05, 4.69) is 5.10 Å². The van der Waals surface area contributed by atoms with Gasteiger partial charge in [0, 0.05) is 6.20 Å². The van der Waals surface area contributed by atoms with Crippen LogP contribution in [-0.4, -0.2) is 29.3 Å². The summed E-state index contributed by atoms with van der Waals surface area (Å²) < 4.78 is 23.9. The van der Waals surface area contributed by atoms with E-state index in [-0.39, 0.29) is 16.1 Å². The Morgan fingerprint density at radius 2 is 2.00 bits per heavy atom. The molecule has 0 unspecified atom stereocenters. The van der Waals surface area contributed by atoms with Gasteiger partial charge in [-0.25, -0.2) is 23.0 Å². The number of carboxylic acids is 1. The van der Waals surface area contributed by atoms with Crippen molar-refractivity contribution in [3.05, 3.63) is 42.2 Å². The van der Waals surface area contributed by atoms with Gasteiger partial charge in [-0.1, -0.05) is 12.1 Å². The summed E-state index contributed by atoms with van der Waals surface area (Å²) in [5.74, 6) is -1.14. The van der Waals surface area contributed by atoms with Gasteiger partial charge in [-0.3, -0.25) is 0 Å². The Morgan fingerprint density at radius 1 is 1.33 bits per heavy atom. The molecule has 0 fully saturated rings. The summed E-state index contributed by atoms with van der Waals surface area (Å²) in [5, 5.41) is 17.7. The van der Waals surface area contributed by atoms with Crippen LogP contribution >= 0.6 is 0 Å². The lowest BCUT2D eigenvalue weighted by Gasteiger charge is -2.06. The van der Waals surface area contributed by atoms with E-state index in [1.807, 2.05) is 0 Å². The van der Waals surface area contributed by atoms with E-state index >= 15 is 0 Å². The molecule has 2 rings (SSSR count). The lowest BCUT2D eigenvalue weighted by Crippen LogP contribution is -2.15. The van der Waals surface area contributed by atoms with Crippen molar-refractivity contribution in [2.75, 3.05) is 0 Å². The summed E-state index contributed by atoms with van der Waals surface area (Å²) in [6, 6.07) is 5.93. The van der Waals surface area contributed by atoms with Crippen molar-refractivity contribution in [2.45, 2.75) is 4.90 Å². The molecular weight excluding hydrogens is 258 g/mol. The van der Waals surface area contributed by atoms with Crippen molar-refractivity contribution < 1.29 is 18.3 Å². The van der Waals surface area contributed by atoms with Gasteiger partial charge in [0.25, 0.3) is 0 Å². The second kappa shape index (κ2) is 4.24.